The van der Waals surface area contributed by atoms with Gasteiger partial charge in [0.25, 0.3) is 0 Å². The van der Waals surface area contributed by atoms with Gasteiger partial charge in [-0.05, 0) is 20.8 Å². The SMILES string of the molecule is CC(C)OC(=O)N1CCNCC1C.Cl. The molecule has 5 heteroatoms. The Labute approximate surface area is 91.4 Å². The second-order valence-electron chi connectivity index (χ2n) is 3.68. The third-order valence-corrected chi connectivity index (χ3v) is 2.07. The van der Waals surface area contributed by atoms with E-state index in [2.05, 4.69) is 5.32 Å². The minimum absolute atomic E-state index is 0. The van der Waals surface area contributed by atoms with Gasteiger partial charge in [0.05, 0.1) is 6.10 Å². The fourth-order valence-electron chi connectivity index (χ4n) is 1.38. The predicted molar refractivity (Wildman–Crippen MR) is 57.9 cm³/mol. The number of carbonyl (C=O) groups is 1. The van der Waals surface area contributed by atoms with Crippen molar-refractivity contribution >= 4 is 18.5 Å². The zero-order valence-electron chi connectivity index (χ0n) is 8.95. The molecular formula is C9H19ClN2O2. The number of nitrogens with zero attached hydrogens (tertiary/aromatic N) is 1. The largest absolute Gasteiger partial charge is 0.447 e. The minimum Gasteiger partial charge on any atom is -0.447 e. The number of ether oxygens (including phenoxy) is 1. The summed E-state index contributed by atoms with van der Waals surface area (Å²) in [6.07, 6.45) is -0.224. The summed E-state index contributed by atoms with van der Waals surface area (Å²) in [6, 6.07) is 0.236. The van der Waals surface area contributed by atoms with Crippen LogP contribution in [0.4, 0.5) is 4.79 Å². The molecular weight excluding hydrogens is 204 g/mol. The maximum Gasteiger partial charge on any atom is 0.410 e. The maximum absolute atomic E-state index is 11.5. The van der Waals surface area contributed by atoms with Crippen LogP contribution >= 0.6 is 12.4 Å². The summed E-state index contributed by atoms with van der Waals surface area (Å²) in [5, 5.41) is 3.22. The Morgan fingerprint density at radius 2 is 2.21 bits per heavy atom. The van der Waals surface area contributed by atoms with Crippen molar-refractivity contribution in [2.75, 3.05) is 19.6 Å². The van der Waals surface area contributed by atoms with Gasteiger partial charge < -0.3 is 15.0 Å². The number of piperazine rings is 1. The Bertz CT molecular complexity index is 188. The van der Waals surface area contributed by atoms with E-state index in [1.54, 1.807) is 4.90 Å². The maximum atomic E-state index is 11.5. The average Bonchev–Trinajstić information content (AvgIpc) is 2.03. The van der Waals surface area contributed by atoms with Crippen LogP contribution in [0.25, 0.3) is 0 Å². The van der Waals surface area contributed by atoms with E-state index in [-0.39, 0.29) is 30.6 Å². The molecule has 0 aliphatic carbocycles. The molecule has 1 aliphatic heterocycles. The molecule has 84 valence electrons. The summed E-state index contributed by atoms with van der Waals surface area (Å²) in [5.74, 6) is 0. The fraction of sp³-hybridized carbons (Fsp3) is 0.889. The van der Waals surface area contributed by atoms with Gasteiger partial charge in [0.2, 0.25) is 0 Å². The van der Waals surface area contributed by atoms with Gasteiger partial charge in [0.15, 0.2) is 0 Å². The van der Waals surface area contributed by atoms with Crippen molar-refractivity contribution in [1.29, 1.82) is 0 Å². The van der Waals surface area contributed by atoms with Crippen LogP contribution in [-0.4, -0.2) is 42.8 Å². The lowest BCUT2D eigenvalue weighted by Crippen LogP contribution is -2.52. The van der Waals surface area contributed by atoms with Gasteiger partial charge in [-0.1, -0.05) is 0 Å². The van der Waals surface area contributed by atoms with Crippen LogP contribution in [0.2, 0.25) is 0 Å². The Morgan fingerprint density at radius 3 is 2.71 bits per heavy atom. The molecule has 0 spiro atoms. The average molecular weight is 223 g/mol. The normalized spacial score (nSPS) is 21.7. The van der Waals surface area contributed by atoms with Gasteiger partial charge in [-0.2, -0.15) is 0 Å². The minimum atomic E-state index is -0.191. The standard InChI is InChI=1S/C9H18N2O2.ClH/c1-7(2)13-9(12)11-5-4-10-6-8(11)3;/h7-8,10H,4-6H2,1-3H3;1H. The van der Waals surface area contributed by atoms with Crippen LogP contribution in [0.3, 0.4) is 0 Å². The first-order valence-electron chi connectivity index (χ1n) is 4.79. The molecule has 0 bridgehead atoms. The van der Waals surface area contributed by atoms with E-state index in [1.165, 1.54) is 0 Å². The zero-order chi connectivity index (χ0) is 9.84. The van der Waals surface area contributed by atoms with E-state index in [4.69, 9.17) is 4.74 Å². The summed E-state index contributed by atoms with van der Waals surface area (Å²) in [6.45, 7) is 8.21. The molecule has 1 rings (SSSR count). The van der Waals surface area contributed by atoms with Crippen LogP contribution in [0.5, 0.6) is 0 Å². The van der Waals surface area contributed by atoms with Gasteiger partial charge in [-0.25, -0.2) is 4.79 Å². The van der Waals surface area contributed by atoms with Crippen molar-refractivity contribution in [2.24, 2.45) is 0 Å². The van der Waals surface area contributed by atoms with E-state index in [0.29, 0.717) is 0 Å². The van der Waals surface area contributed by atoms with E-state index in [0.717, 1.165) is 19.6 Å². The van der Waals surface area contributed by atoms with E-state index >= 15 is 0 Å². The Kier molecular flexibility index (Phi) is 5.88. The molecule has 1 unspecified atom stereocenters. The van der Waals surface area contributed by atoms with Crippen molar-refractivity contribution in [3.8, 4) is 0 Å². The number of rotatable bonds is 1. The van der Waals surface area contributed by atoms with E-state index in [9.17, 15) is 4.79 Å². The van der Waals surface area contributed by atoms with Gasteiger partial charge in [0, 0.05) is 25.7 Å². The van der Waals surface area contributed by atoms with Crippen molar-refractivity contribution in [2.45, 2.75) is 32.9 Å². The molecule has 0 aromatic carbocycles. The van der Waals surface area contributed by atoms with Gasteiger partial charge in [0.1, 0.15) is 0 Å². The predicted octanol–water partition coefficient (Wildman–Crippen LogP) is 1.25. The van der Waals surface area contributed by atoms with Crippen molar-refractivity contribution in [3.05, 3.63) is 0 Å². The molecule has 14 heavy (non-hydrogen) atoms. The number of carbonyl (C=O) groups excluding carboxylic acids is 1. The first kappa shape index (κ1) is 13.5. The summed E-state index contributed by atoms with van der Waals surface area (Å²) < 4.78 is 5.12. The smallest absolute Gasteiger partial charge is 0.410 e. The first-order valence-corrected chi connectivity index (χ1v) is 4.79. The van der Waals surface area contributed by atoms with Gasteiger partial charge >= 0.3 is 6.09 Å². The molecule has 1 aliphatic rings. The molecule has 0 aromatic rings. The number of amides is 1. The number of hydrogen-bond donors (Lipinski definition) is 1. The lowest BCUT2D eigenvalue weighted by atomic mass is 10.2. The molecule has 1 saturated heterocycles. The van der Waals surface area contributed by atoms with Crippen LogP contribution < -0.4 is 5.32 Å². The highest BCUT2D eigenvalue weighted by Gasteiger charge is 2.24. The lowest BCUT2D eigenvalue weighted by molar-refractivity contribution is 0.0596. The third kappa shape index (κ3) is 3.72. The monoisotopic (exact) mass is 222 g/mol. The van der Waals surface area contributed by atoms with Crippen molar-refractivity contribution < 1.29 is 9.53 Å². The number of halogens is 1. The van der Waals surface area contributed by atoms with Crippen LogP contribution in [0, 0.1) is 0 Å². The zero-order valence-corrected chi connectivity index (χ0v) is 9.76. The molecule has 1 N–H and O–H groups in total. The molecule has 0 aromatic heterocycles. The van der Waals surface area contributed by atoms with Gasteiger partial charge in [-0.3, -0.25) is 0 Å². The first-order chi connectivity index (χ1) is 6.11. The van der Waals surface area contributed by atoms with Crippen molar-refractivity contribution in [3.63, 3.8) is 0 Å². The molecule has 1 fully saturated rings. The van der Waals surface area contributed by atoms with Crippen LogP contribution in [0.15, 0.2) is 0 Å². The van der Waals surface area contributed by atoms with Crippen LogP contribution in [0.1, 0.15) is 20.8 Å². The fourth-order valence-corrected chi connectivity index (χ4v) is 1.38. The summed E-state index contributed by atoms with van der Waals surface area (Å²) in [4.78, 5) is 13.3. The Balaban J connectivity index is 0.00000169. The Hall–Kier alpha value is -0.480. The van der Waals surface area contributed by atoms with Crippen molar-refractivity contribution in [1.82, 2.24) is 10.2 Å². The second-order valence-corrected chi connectivity index (χ2v) is 3.68. The van der Waals surface area contributed by atoms with E-state index < -0.39 is 0 Å². The highest BCUT2D eigenvalue weighted by atomic mass is 35.5. The van der Waals surface area contributed by atoms with Crippen LogP contribution in [-0.2, 0) is 4.74 Å². The summed E-state index contributed by atoms with van der Waals surface area (Å²) in [5.41, 5.74) is 0. The summed E-state index contributed by atoms with van der Waals surface area (Å²) in [7, 11) is 0. The molecule has 4 nitrogen and oxygen atoms in total. The quantitative estimate of drug-likeness (QED) is 0.726. The Morgan fingerprint density at radius 1 is 1.57 bits per heavy atom. The third-order valence-electron chi connectivity index (χ3n) is 2.07. The highest BCUT2D eigenvalue weighted by molar-refractivity contribution is 5.85. The molecule has 0 saturated carbocycles. The van der Waals surface area contributed by atoms with E-state index in [1.807, 2.05) is 20.8 Å². The molecule has 1 heterocycles. The molecule has 1 atom stereocenters. The second kappa shape index (κ2) is 6.09. The lowest BCUT2D eigenvalue weighted by Gasteiger charge is -2.33. The highest BCUT2D eigenvalue weighted by Crippen LogP contribution is 2.06. The number of hydrogen-bond acceptors (Lipinski definition) is 3. The summed E-state index contributed by atoms with van der Waals surface area (Å²) >= 11 is 0. The molecule has 0 radical (unpaired) electrons. The number of nitrogens with one attached hydrogen (secondary N) is 1. The van der Waals surface area contributed by atoms with Gasteiger partial charge in [-0.15, -0.1) is 12.4 Å². The molecule has 1 amide bonds. The topological polar surface area (TPSA) is 41.6 Å².